The molecule has 2 N–H and O–H groups in total. The SMILES string of the molecule is CNC(C)Nc1cccc([SiH3])c1Cl. The summed E-state index contributed by atoms with van der Waals surface area (Å²) in [6.45, 7) is 2.05. The highest BCUT2D eigenvalue weighted by atomic mass is 35.5. The van der Waals surface area contributed by atoms with Gasteiger partial charge in [-0.25, -0.2) is 0 Å². The van der Waals surface area contributed by atoms with Gasteiger partial charge in [0.1, 0.15) is 0 Å². The van der Waals surface area contributed by atoms with Crippen molar-refractivity contribution in [2.75, 3.05) is 12.4 Å². The maximum Gasteiger partial charge on any atom is 0.0737 e. The predicted molar refractivity (Wildman–Crippen MR) is 63.2 cm³/mol. The topological polar surface area (TPSA) is 24.1 Å². The van der Waals surface area contributed by atoms with Crippen LogP contribution < -0.4 is 15.8 Å². The molecule has 1 unspecified atom stereocenters. The molecule has 0 radical (unpaired) electrons. The van der Waals surface area contributed by atoms with Crippen LogP contribution in [-0.2, 0) is 0 Å². The standard InChI is InChI=1S/C9H15ClN2Si/c1-6(11-2)12-7-4-3-5-8(13)9(7)10/h3-6,11-12H,1-2,13H3. The van der Waals surface area contributed by atoms with Crippen molar-refractivity contribution in [3.63, 3.8) is 0 Å². The van der Waals surface area contributed by atoms with Crippen LogP contribution in [0.1, 0.15) is 6.92 Å². The molecule has 0 saturated carbocycles. The molecule has 1 atom stereocenters. The predicted octanol–water partition coefficient (Wildman–Crippen LogP) is 0.308. The van der Waals surface area contributed by atoms with Crippen LogP contribution in [0.2, 0.25) is 5.02 Å². The average molecular weight is 215 g/mol. The summed E-state index contributed by atoms with van der Waals surface area (Å²) >= 11 is 6.14. The lowest BCUT2D eigenvalue weighted by Gasteiger charge is -2.16. The minimum atomic E-state index is 0.237. The van der Waals surface area contributed by atoms with E-state index >= 15 is 0 Å². The lowest BCUT2D eigenvalue weighted by molar-refractivity contribution is 0.683. The van der Waals surface area contributed by atoms with E-state index in [2.05, 4.69) is 23.6 Å². The van der Waals surface area contributed by atoms with Crippen molar-refractivity contribution < 1.29 is 0 Å². The van der Waals surface area contributed by atoms with Crippen molar-refractivity contribution >= 4 is 32.7 Å². The van der Waals surface area contributed by atoms with Crippen molar-refractivity contribution in [1.29, 1.82) is 0 Å². The van der Waals surface area contributed by atoms with E-state index in [9.17, 15) is 0 Å². The largest absolute Gasteiger partial charge is 0.369 e. The summed E-state index contributed by atoms with van der Waals surface area (Å²) in [6.07, 6.45) is 0.237. The van der Waals surface area contributed by atoms with Crippen LogP contribution in [0.5, 0.6) is 0 Å². The summed E-state index contributed by atoms with van der Waals surface area (Å²) in [5.41, 5.74) is 1.01. The molecule has 1 rings (SSSR count). The Labute approximate surface area is 87.1 Å². The molecule has 2 nitrogen and oxygen atoms in total. The summed E-state index contributed by atoms with van der Waals surface area (Å²) in [4.78, 5) is 0. The Kier molecular flexibility index (Phi) is 3.78. The molecule has 13 heavy (non-hydrogen) atoms. The lowest BCUT2D eigenvalue weighted by atomic mass is 10.3. The number of nitrogens with one attached hydrogen (secondary N) is 2. The van der Waals surface area contributed by atoms with E-state index in [4.69, 9.17) is 11.6 Å². The third-order valence-electron chi connectivity index (χ3n) is 2.00. The molecule has 0 amide bonds. The Morgan fingerprint density at radius 3 is 2.77 bits per heavy atom. The van der Waals surface area contributed by atoms with Crippen molar-refractivity contribution in [2.45, 2.75) is 13.1 Å². The first-order valence-electron chi connectivity index (χ1n) is 4.34. The average Bonchev–Trinajstić information content (AvgIpc) is 2.13. The highest BCUT2D eigenvalue weighted by Crippen LogP contribution is 2.18. The molecule has 72 valence electrons. The van der Waals surface area contributed by atoms with Gasteiger partial charge in [0, 0.05) is 10.2 Å². The van der Waals surface area contributed by atoms with Crippen molar-refractivity contribution in [2.24, 2.45) is 0 Å². The second-order valence-corrected chi connectivity index (χ2v) is 4.55. The number of rotatable bonds is 3. The first-order chi connectivity index (χ1) is 6.15. The van der Waals surface area contributed by atoms with E-state index in [0.29, 0.717) is 0 Å². The fourth-order valence-corrected chi connectivity index (χ4v) is 1.71. The van der Waals surface area contributed by atoms with E-state index in [-0.39, 0.29) is 6.17 Å². The molecule has 0 heterocycles. The minimum Gasteiger partial charge on any atom is -0.369 e. The quantitative estimate of drug-likeness (QED) is 0.559. The fraction of sp³-hybridized carbons (Fsp3) is 0.333. The molecule has 4 heteroatoms. The van der Waals surface area contributed by atoms with Crippen LogP contribution >= 0.6 is 11.6 Å². The van der Waals surface area contributed by atoms with Gasteiger partial charge in [-0.15, -0.1) is 0 Å². The smallest absolute Gasteiger partial charge is 0.0737 e. The van der Waals surface area contributed by atoms with Crippen LogP contribution in [0.3, 0.4) is 0 Å². The molecular formula is C9H15ClN2Si. The van der Waals surface area contributed by atoms with Crippen molar-refractivity contribution in [3.8, 4) is 0 Å². The summed E-state index contributed by atoms with van der Waals surface area (Å²) in [5, 5.41) is 8.47. The maximum absolute atomic E-state index is 6.14. The Morgan fingerprint density at radius 1 is 1.46 bits per heavy atom. The third-order valence-corrected chi connectivity index (χ3v) is 3.65. The summed E-state index contributed by atoms with van der Waals surface area (Å²) < 4.78 is 0. The van der Waals surface area contributed by atoms with Gasteiger partial charge < -0.3 is 10.6 Å². The zero-order chi connectivity index (χ0) is 9.84. The first-order valence-corrected chi connectivity index (χ1v) is 5.72. The highest BCUT2D eigenvalue weighted by Gasteiger charge is 2.03. The molecule has 0 bridgehead atoms. The van der Waals surface area contributed by atoms with E-state index in [1.165, 1.54) is 5.19 Å². The van der Waals surface area contributed by atoms with Gasteiger partial charge in [0.15, 0.2) is 0 Å². The van der Waals surface area contributed by atoms with Crippen LogP contribution in [0.25, 0.3) is 0 Å². The maximum atomic E-state index is 6.14. The van der Waals surface area contributed by atoms with Crippen molar-refractivity contribution in [3.05, 3.63) is 23.2 Å². The van der Waals surface area contributed by atoms with Gasteiger partial charge in [0.25, 0.3) is 0 Å². The second-order valence-electron chi connectivity index (χ2n) is 3.09. The van der Waals surface area contributed by atoms with Crippen LogP contribution in [0, 0.1) is 0 Å². The fourth-order valence-electron chi connectivity index (χ4n) is 1.06. The molecule has 1 aromatic rings. The molecule has 0 aliphatic carbocycles. The van der Waals surface area contributed by atoms with Gasteiger partial charge in [0.05, 0.1) is 16.9 Å². The molecular weight excluding hydrogens is 200 g/mol. The molecule has 0 spiro atoms. The second kappa shape index (κ2) is 4.65. The summed E-state index contributed by atoms with van der Waals surface area (Å²) in [7, 11) is 2.90. The first kappa shape index (κ1) is 10.6. The van der Waals surface area contributed by atoms with E-state index < -0.39 is 0 Å². The molecule has 0 saturated heterocycles. The number of anilines is 1. The number of benzene rings is 1. The molecule has 1 aromatic carbocycles. The monoisotopic (exact) mass is 214 g/mol. The molecule has 0 aliphatic rings. The van der Waals surface area contributed by atoms with Gasteiger partial charge >= 0.3 is 0 Å². The van der Waals surface area contributed by atoms with Crippen molar-refractivity contribution in [1.82, 2.24) is 5.32 Å². The molecule has 0 fully saturated rings. The number of hydrogen-bond acceptors (Lipinski definition) is 2. The van der Waals surface area contributed by atoms with E-state index in [1.807, 2.05) is 19.2 Å². The van der Waals surface area contributed by atoms with Gasteiger partial charge in [-0.1, -0.05) is 28.9 Å². The van der Waals surface area contributed by atoms with Gasteiger partial charge in [-0.05, 0) is 20.0 Å². The summed E-state index contributed by atoms with van der Waals surface area (Å²) in [5.74, 6) is 0. The Balaban J connectivity index is 2.83. The lowest BCUT2D eigenvalue weighted by Crippen LogP contribution is -2.30. The van der Waals surface area contributed by atoms with Gasteiger partial charge in [-0.2, -0.15) is 0 Å². The minimum absolute atomic E-state index is 0.237. The highest BCUT2D eigenvalue weighted by molar-refractivity contribution is 6.46. The van der Waals surface area contributed by atoms with E-state index in [1.54, 1.807) is 0 Å². The molecule has 0 aliphatic heterocycles. The van der Waals surface area contributed by atoms with Crippen LogP contribution in [-0.4, -0.2) is 23.5 Å². The molecule has 0 aromatic heterocycles. The Morgan fingerprint density at radius 2 is 2.15 bits per heavy atom. The Hall–Kier alpha value is -0.513. The number of hydrogen-bond donors (Lipinski definition) is 2. The Bertz CT molecular complexity index is 291. The third kappa shape index (κ3) is 2.72. The number of halogens is 1. The normalized spacial score (nSPS) is 12.8. The zero-order valence-corrected chi connectivity index (χ0v) is 10.9. The van der Waals surface area contributed by atoms with Crippen LogP contribution in [0.4, 0.5) is 5.69 Å². The van der Waals surface area contributed by atoms with E-state index in [0.717, 1.165) is 21.0 Å². The van der Waals surface area contributed by atoms with Gasteiger partial charge in [-0.3, -0.25) is 0 Å². The van der Waals surface area contributed by atoms with Gasteiger partial charge in [0.2, 0.25) is 0 Å². The van der Waals surface area contributed by atoms with Crippen LogP contribution in [0.15, 0.2) is 18.2 Å². The zero-order valence-electron chi connectivity index (χ0n) is 8.19. The summed E-state index contributed by atoms with van der Waals surface area (Å²) in [6, 6.07) is 6.08.